The van der Waals surface area contributed by atoms with Gasteiger partial charge in [-0.25, -0.2) is 9.48 Å². The zero-order chi connectivity index (χ0) is 16.3. The number of hydrogen-bond acceptors (Lipinski definition) is 5. The molecule has 0 amide bonds. The van der Waals surface area contributed by atoms with Gasteiger partial charge in [-0.1, -0.05) is 6.92 Å². The van der Waals surface area contributed by atoms with Gasteiger partial charge in [0, 0.05) is 13.2 Å². The first kappa shape index (κ1) is 17.2. The van der Waals surface area contributed by atoms with Gasteiger partial charge < -0.3 is 14.6 Å². The quantitative estimate of drug-likeness (QED) is 0.811. The summed E-state index contributed by atoms with van der Waals surface area (Å²) in [5, 5.41) is 14.4. The molecule has 2 heterocycles. The Morgan fingerprint density at radius 1 is 1.50 bits per heavy atom. The maximum absolute atomic E-state index is 12.4. The van der Waals surface area contributed by atoms with E-state index in [0.717, 1.165) is 6.42 Å². The Bertz CT molecular complexity index is 537. The standard InChI is InChI=1S/C15H27N3O4/c1-5-17-14(13-11(4)6-7-21-13)16-18(15(17)20)8-12(19)9-22-10(2)3/h10-13,19H,5-9H2,1-4H3/t11-,12?,13+/m1/s1. The average molecular weight is 313 g/mol. The summed E-state index contributed by atoms with van der Waals surface area (Å²) in [5.74, 6) is 1.00. The van der Waals surface area contributed by atoms with Crippen molar-refractivity contribution in [3.63, 3.8) is 0 Å². The Morgan fingerprint density at radius 3 is 2.77 bits per heavy atom. The van der Waals surface area contributed by atoms with Crippen LogP contribution in [0.2, 0.25) is 0 Å². The lowest BCUT2D eigenvalue weighted by Crippen LogP contribution is -2.32. The van der Waals surface area contributed by atoms with Gasteiger partial charge in [0.2, 0.25) is 0 Å². The molecular formula is C15H27N3O4. The number of aliphatic hydroxyl groups excluding tert-OH is 1. The predicted molar refractivity (Wildman–Crippen MR) is 81.7 cm³/mol. The molecule has 1 aliphatic rings. The molecule has 1 fully saturated rings. The van der Waals surface area contributed by atoms with E-state index in [1.807, 2.05) is 20.8 Å². The highest BCUT2D eigenvalue weighted by atomic mass is 16.5. The van der Waals surface area contributed by atoms with E-state index in [-0.39, 0.29) is 31.0 Å². The van der Waals surface area contributed by atoms with Crippen molar-refractivity contribution in [2.75, 3.05) is 13.2 Å². The number of ether oxygens (including phenoxy) is 2. The Labute approximate surface area is 130 Å². The van der Waals surface area contributed by atoms with Gasteiger partial charge in [-0.3, -0.25) is 4.57 Å². The Kier molecular flexibility index (Phi) is 5.77. The highest BCUT2D eigenvalue weighted by molar-refractivity contribution is 4.97. The SMILES string of the molecule is CCn1c([C@H]2OCC[C@H]2C)nn(CC(O)COC(C)C)c1=O. The Balaban J connectivity index is 2.15. The summed E-state index contributed by atoms with van der Waals surface area (Å²) in [6.45, 7) is 9.38. The molecule has 0 spiro atoms. The monoisotopic (exact) mass is 313 g/mol. The van der Waals surface area contributed by atoms with Gasteiger partial charge in [0.05, 0.1) is 25.4 Å². The minimum absolute atomic E-state index is 0.0443. The molecule has 126 valence electrons. The zero-order valence-corrected chi connectivity index (χ0v) is 13.9. The van der Waals surface area contributed by atoms with Crippen LogP contribution in [0.25, 0.3) is 0 Å². The molecule has 0 aliphatic carbocycles. The van der Waals surface area contributed by atoms with Gasteiger partial charge in [-0.15, -0.1) is 0 Å². The number of hydrogen-bond donors (Lipinski definition) is 1. The van der Waals surface area contributed by atoms with Crippen molar-refractivity contribution in [1.29, 1.82) is 0 Å². The summed E-state index contributed by atoms with van der Waals surface area (Å²) in [6.07, 6.45) is 0.121. The largest absolute Gasteiger partial charge is 0.389 e. The van der Waals surface area contributed by atoms with Crippen LogP contribution >= 0.6 is 0 Å². The number of nitrogens with zero attached hydrogens (tertiary/aromatic N) is 3. The molecular weight excluding hydrogens is 286 g/mol. The van der Waals surface area contributed by atoms with E-state index in [4.69, 9.17) is 9.47 Å². The second-order valence-corrected chi connectivity index (χ2v) is 6.16. The first-order chi connectivity index (χ1) is 10.4. The highest BCUT2D eigenvalue weighted by Gasteiger charge is 2.31. The third kappa shape index (κ3) is 3.77. The van der Waals surface area contributed by atoms with Crippen LogP contribution in [-0.2, 0) is 22.6 Å². The second kappa shape index (κ2) is 7.39. The maximum Gasteiger partial charge on any atom is 0.346 e. The van der Waals surface area contributed by atoms with Gasteiger partial charge in [0.15, 0.2) is 5.82 Å². The lowest BCUT2D eigenvalue weighted by Gasteiger charge is -2.14. The van der Waals surface area contributed by atoms with Crippen LogP contribution in [0.3, 0.4) is 0 Å². The van der Waals surface area contributed by atoms with E-state index in [1.54, 1.807) is 4.57 Å². The highest BCUT2D eigenvalue weighted by Crippen LogP contribution is 2.32. The Hall–Kier alpha value is -1.18. The summed E-state index contributed by atoms with van der Waals surface area (Å²) in [7, 11) is 0. The van der Waals surface area contributed by atoms with Crippen LogP contribution in [0.15, 0.2) is 4.79 Å². The van der Waals surface area contributed by atoms with Crippen molar-refractivity contribution >= 4 is 0 Å². The molecule has 1 aromatic rings. The molecule has 1 aliphatic heterocycles. The maximum atomic E-state index is 12.4. The molecule has 0 aromatic carbocycles. The normalized spacial score (nSPS) is 23.4. The number of rotatable bonds is 7. The fourth-order valence-electron chi connectivity index (χ4n) is 2.67. The fourth-order valence-corrected chi connectivity index (χ4v) is 2.67. The van der Waals surface area contributed by atoms with E-state index in [2.05, 4.69) is 12.0 Å². The van der Waals surface area contributed by atoms with Crippen LogP contribution in [0.1, 0.15) is 46.0 Å². The van der Waals surface area contributed by atoms with Crippen LogP contribution in [0.5, 0.6) is 0 Å². The molecule has 1 N–H and O–H groups in total. The molecule has 22 heavy (non-hydrogen) atoms. The van der Waals surface area contributed by atoms with Crippen LogP contribution < -0.4 is 5.69 Å². The van der Waals surface area contributed by atoms with Gasteiger partial charge >= 0.3 is 5.69 Å². The summed E-state index contributed by atoms with van der Waals surface area (Å²) < 4.78 is 14.0. The van der Waals surface area contributed by atoms with Crippen LogP contribution in [-0.4, -0.2) is 44.9 Å². The third-order valence-corrected chi connectivity index (χ3v) is 3.92. The van der Waals surface area contributed by atoms with Gasteiger partial charge in [0.25, 0.3) is 0 Å². The third-order valence-electron chi connectivity index (χ3n) is 3.92. The predicted octanol–water partition coefficient (Wildman–Crippen LogP) is 0.948. The molecule has 7 heteroatoms. The summed E-state index contributed by atoms with van der Waals surface area (Å²) in [6, 6.07) is 0. The topological polar surface area (TPSA) is 78.5 Å². The van der Waals surface area contributed by atoms with Crippen molar-refractivity contribution in [3.8, 4) is 0 Å². The molecule has 1 unspecified atom stereocenters. The molecule has 7 nitrogen and oxygen atoms in total. The van der Waals surface area contributed by atoms with Gasteiger partial charge in [-0.2, -0.15) is 5.10 Å². The first-order valence-corrected chi connectivity index (χ1v) is 8.02. The number of aliphatic hydroxyl groups is 1. The van der Waals surface area contributed by atoms with Gasteiger partial charge in [-0.05, 0) is 33.1 Å². The molecule has 0 radical (unpaired) electrons. The van der Waals surface area contributed by atoms with Crippen molar-refractivity contribution in [2.24, 2.45) is 5.92 Å². The lowest BCUT2D eigenvalue weighted by atomic mass is 10.0. The van der Waals surface area contributed by atoms with Gasteiger partial charge in [0.1, 0.15) is 6.10 Å². The minimum Gasteiger partial charge on any atom is -0.389 e. The van der Waals surface area contributed by atoms with E-state index in [1.165, 1.54) is 4.68 Å². The minimum atomic E-state index is -0.755. The lowest BCUT2D eigenvalue weighted by molar-refractivity contribution is -0.00263. The molecule has 1 aromatic heterocycles. The van der Waals surface area contributed by atoms with Crippen LogP contribution in [0.4, 0.5) is 0 Å². The first-order valence-electron chi connectivity index (χ1n) is 8.02. The van der Waals surface area contributed by atoms with Crippen molar-refractivity contribution < 1.29 is 14.6 Å². The Morgan fingerprint density at radius 2 is 2.23 bits per heavy atom. The fraction of sp³-hybridized carbons (Fsp3) is 0.867. The van der Waals surface area contributed by atoms with Crippen molar-refractivity contribution in [1.82, 2.24) is 14.3 Å². The van der Waals surface area contributed by atoms with E-state index in [9.17, 15) is 9.90 Å². The number of aromatic nitrogens is 3. The zero-order valence-electron chi connectivity index (χ0n) is 13.9. The molecule has 2 rings (SSSR count). The molecule has 0 bridgehead atoms. The van der Waals surface area contributed by atoms with Crippen molar-refractivity contribution in [3.05, 3.63) is 16.3 Å². The summed E-state index contributed by atoms with van der Waals surface area (Å²) in [5.41, 5.74) is -0.205. The van der Waals surface area contributed by atoms with E-state index >= 15 is 0 Å². The summed E-state index contributed by atoms with van der Waals surface area (Å²) >= 11 is 0. The van der Waals surface area contributed by atoms with Crippen molar-refractivity contribution in [2.45, 2.75) is 65.5 Å². The molecule has 1 saturated heterocycles. The summed E-state index contributed by atoms with van der Waals surface area (Å²) in [4.78, 5) is 12.4. The van der Waals surface area contributed by atoms with Crippen LogP contribution in [0, 0.1) is 5.92 Å². The second-order valence-electron chi connectivity index (χ2n) is 6.16. The smallest absolute Gasteiger partial charge is 0.346 e. The molecule has 0 saturated carbocycles. The van der Waals surface area contributed by atoms with E-state index < -0.39 is 6.10 Å². The molecule has 3 atom stereocenters. The van der Waals surface area contributed by atoms with E-state index in [0.29, 0.717) is 24.9 Å². The average Bonchev–Trinajstić information content (AvgIpc) is 3.01.